The monoisotopic (exact) mass is 298 g/mol. The number of nitrogens with one attached hydrogen (secondary N) is 1. The molecule has 5 nitrogen and oxygen atoms in total. The highest BCUT2D eigenvalue weighted by molar-refractivity contribution is 5.89. The Kier molecular flexibility index (Phi) is 5.47. The van der Waals surface area contributed by atoms with E-state index in [1.54, 1.807) is 6.07 Å². The maximum absolute atomic E-state index is 11.7. The number of hydrogen-bond donors (Lipinski definition) is 1. The Morgan fingerprint density at radius 1 is 1.14 bits per heavy atom. The van der Waals surface area contributed by atoms with Crippen molar-refractivity contribution in [1.29, 1.82) is 0 Å². The van der Waals surface area contributed by atoms with Crippen LogP contribution in [0.15, 0.2) is 42.5 Å². The first-order valence-corrected chi connectivity index (χ1v) is 7.56. The second-order valence-electron chi connectivity index (χ2n) is 5.50. The molecule has 0 saturated carbocycles. The summed E-state index contributed by atoms with van der Waals surface area (Å²) in [5.41, 5.74) is 1.07. The van der Waals surface area contributed by atoms with E-state index in [1.807, 2.05) is 50.2 Å². The van der Waals surface area contributed by atoms with E-state index >= 15 is 0 Å². The number of carbonyl (C=O) groups excluding carboxylic acids is 1. The molecule has 1 N–H and O–H groups in total. The van der Waals surface area contributed by atoms with Crippen molar-refractivity contribution < 1.29 is 4.79 Å². The van der Waals surface area contributed by atoms with Gasteiger partial charge in [0.25, 0.3) is 0 Å². The third-order valence-corrected chi connectivity index (χ3v) is 3.17. The average molecular weight is 298 g/mol. The maximum Gasteiger partial charge on any atom is 0.225 e. The van der Waals surface area contributed by atoms with Crippen molar-refractivity contribution in [2.24, 2.45) is 5.92 Å². The fourth-order valence-corrected chi connectivity index (χ4v) is 2.19. The van der Waals surface area contributed by atoms with Gasteiger partial charge in [0.15, 0.2) is 11.6 Å². The zero-order valence-corrected chi connectivity index (χ0v) is 13.3. The molecule has 0 radical (unpaired) electrons. The Labute approximate surface area is 131 Å². The highest BCUT2D eigenvalue weighted by atomic mass is 16.1. The smallest absolute Gasteiger partial charge is 0.225 e. The van der Waals surface area contributed by atoms with Crippen molar-refractivity contribution in [3.63, 3.8) is 0 Å². The van der Waals surface area contributed by atoms with Gasteiger partial charge in [-0.2, -0.15) is 0 Å². The van der Waals surface area contributed by atoms with Crippen LogP contribution >= 0.6 is 0 Å². The van der Waals surface area contributed by atoms with Crippen LogP contribution in [-0.2, 0) is 4.79 Å². The summed E-state index contributed by atoms with van der Waals surface area (Å²) in [4.78, 5) is 13.8. The van der Waals surface area contributed by atoms with Crippen LogP contribution in [0.1, 0.15) is 27.2 Å². The van der Waals surface area contributed by atoms with Crippen molar-refractivity contribution in [3.05, 3.63) is 42.5 Å². The Bertz CT molecular complexity index is 596. The Morgan fingerprint density at radius 3 is 2.41 bits per heavy atom. The van der Waals surface area contributed by atoms with Crippen molar-refractivity contribution in [2.45, 2.75) is 27.2 Å². The third kappa shape index (κ3) is 4.28. The number of para-hydroxylation sites is 1. The van der Waals surface area contributed by atoms with E-state index in [0.717, 1.165) is 18.1 Å². The summed E-state index contributed by atoms with van der Waals surface area (Å²) in [6.45, 7) is 6.87. The standard InChI is InChI=1S/C17H22N4O/c1-4-21(14-8-6-5-7-9-14)16-11-10-15(19-20-16)18-17(22)12-13(2)3/h5-11,13H,4,12H2,1-3H3,(H,18,19,22). The fourth-order valence-electron chi connectivity index (χ4n) is 2.19. The van der Waals surface area contributed by atoms with Crippen LogP contribution in [0.4, 0.5) is 17.3 Å². The topological polar surface area (TPSA) is 58.1 Å². The molecule has 1 aromatic heterocycles. The van der Waals surface area contributed by atoms with E-state index in [-0.39, 0.29) is 5.91 Å². The average Bonchev–Trinajstić information content (AvgIpc) is 2.50. The van der Waals surface area contributed by atoms with Gasteiger partial charge in [-0.25, -0.2) is 0 Å². The molecule has 1 heterocycles. The molecule has 22 heavy (non-hydrogen) atoms. The van der Waals surface area contributed by atoms with Crippen molar-refractivity contribution in [1.82, 2.24) is 10.2 Å². The molecule has 0 unspecified atom stereocenters. The first-order chi connectivity index (χ1) is 10.6. The van der Waals surface area contributed by atoms with Crippen molar-refractivity contribution in [3.8, 4) is 0 Å². The van der Waals surface area contributed by atoms with Crippen molar-refractivity contribution >= 4 is 23.2 Å². The molecule has 0 fully saturated rings. The summed E-state index contributed by atoms with van der Waals surface area (Å²) >= 11 is 0. The molecular formula is C17H22N4O. The van der Waals surface area contributed by atoms with Crippen LogP contribution in [0.3, 0.4) is 0 Å². The van der Waals surface area contributed by atoms with E-state index in [1.165, 1.54) is 0 Å². The summed E-state index contributed by atoms with van der Waals surface area (Å²) in [5, 5.41) is 11.1. The molecule has 0 bridgehead atoms. The van der Waals surface area contributed by atoms with Gasteiger partial charge in [0.1, 0.15) is 0 Å². The highest BCUT2D eigenvalue weighted by Crippen LogP contribution is 2.22. The molecule has 1 amide bonds. The molecule has 1 aromatic carbocycles. The fraction of sp³-hybridized carbons (Fsp3) is 0.353. The minimum absolute atomic E-state index is 0.0348. The number of rotatable bonds is 6. The molecular weight excluding hydrogens is 276 g/mol. The summed E-state index contributed by atoms with van der Waals surface area (Å²) in [6.07, 6.45) is 0.481. The van der Waals surface area contributed by atoms with Gasteiger partial charge < -0.3 is 10.2 Å². The highest BCUT2D eigenvalue weighted by Gasteiger charge is 2.10. The normalized spacial score (nSPS) is 10.5. The predicted molar refractivity (Wildman–Crippen MR) is 89.2 cm³/mol. The van der Waals surface area contributed by atoms with Gasteiger partial charge in [0, 0.05) is 18.7 Å². The Morgan fingerprint density at radius 2 is 1.86 bits per heavy atom. The van der Waals surface area contributed by atoms with E-state index in [0.29, 0.717) is 18.2 Å². The molecule has 0 atom stereocenters. The van der Waals surface area contributed by atoms with Gasteiger partial charge in [-0.1, -0.05) is 32.0 Å². The second-order valence-corrected chi connectivity index (χ2v) is 5.50. The van der Waals surface area contributed by atoms with E-state index in [9.17, 15) is 4.79 Å². The molecule has 0 aliphatic rings. The number of hydrogen-bond acceptors (Lipinski definition) is 4. The number of amides is 1. The van der Waals surface area contributed by atoms with Crippen LogP contribution < -0.4 is 10.2 Å². The maximum atomic E-state index is 11.7. The first-order valence-electron chi connectivity index (χ1n) is 7.56. The molecule has 116 valence electrons. The van der Waals surface area contributed by atoms with Gasteiger partial charge in [0.05, 0.1) is 0 Å². The van der Waals surface area contributed by atoms with E-state index < -0.39 is 0 Å². The van der Waals surface area contributed by atoms with Crippen LogP contribution in [0.25, 0.3) is 0 Å². The van der Waals surface area contributed by atoms with Gasteiger partial charge in [0.2, 0.25) is 5.91 Å². The number of aromatic nitrogens is 2. The lowest BCUT2D eigenvalue weighted by Crippen LogP contribution is -2.19. The quantitative estimate of drug-likeness (QED) is 0.885. The molecule has 2 rings (SSSR count). The third-order valence-electron chi connectivity index (χ3n) is 3.17. The molecule has 0 spiro atoms. The number of anilines is 3. The van der Waals surface area contributed by atoms with Gasteiger partial charge in [-0.05, 0) is 37.1 Å². The lowest BCUT2D eigenvalue weighted by Gasteiger charge is -2.21. The SMILES string of the molecule is CCN(c1ccccc1)c1ccc(NC(=O)CC(C)C)nn1. The van der Waals surface area contributed by atoms with Crippen LogP contribution in [0.5, 0.6) is 0 Å². The molecule has 5 heteroatoms. The van der Waals surface area contributed by atoms with Crippen LogP contribution in [0.2, 0.25) is 0 Å². The molecule has 0 aliphatic heterocycles. The minimum Gasteiger partial charge on any atom is -0.325 e. The summed E-state index contributed by atoms with van der Waals surface area (Å²) in [5.74, 6) is 1.53. The Balaban J connectivity index is 2.09. The van der Waals surface area contributed by atoms with Crippen LogP contribution in [-0.4, -0.2) is 22.6 Å². The predicted octanol–water partition coefficient (Wildman–Crippen LogP) is 3.62. The number of nitrogens with zero attached hydrogens (tertiary/aromatic N) is 3. The molecule has 2 aromatic rings. The zero-order chi connectivity index (χ0) is 15.9. The first kappa shape index (κ1) is 15.9. The van der Waals surface area contributed by atoms with Gasteiger partial charge >= 0.3 is 0 Å². The van der Waals surface area contributed by atoms with Gasteiger partial charge in [-0.3, -0.25) is 4.79 Å². The second kappa shape index (κ2) is 7.54. The summed E-state index contributed by atoms with van der Waals surface area (Å²) in [7, 11) is 0. The molecule has 0 saturated heterocycles. The largest absolute Gasteiger partial charge is 0.325 e. The Hall–Kier alpha value is -2.43. The zero-order valence-electron chi connectivity index (χ0n) is 13.3. The summed E-state index contributed by atoms with van der Waals surface area (Å²) in [6, 6.07) is 13.7. The van der Waals surface area contributed by atoms with Crippen molar-refractivity contribution in [2.75, 3.05) is 16.8 Å². The lowest BCUT2D eigenvalue weighted by molar-refractivity contribution is -0.116. The summed E-state index contributed by atoms with van der Waals surface area (Å²) < 4.78 is 0. The molecule has 0 aliphatic carbocycles. The number of benzene rings is 1. The van der Waals surface area contributed by atoms with Gasteiger partial charge in [-0.15, -0.1) is 10.2 Å². The lowest BCUT2D eigenvalue weighted by atomic mass is 10.1. The minimum atomic E-state index is -0.0348. The van der Waals surface area contributed by atoms with E-state index in [4.69, 9.17) is 0 Å². The van der Waals surface area contributed by atoms with E-state index in [2.05, 4.69) is 27.3 Å². The van der Waals surface area contributed by atoms with Crippen LogP contribution in [0, 0.1) is 5.92 Å². The number of carbonyl (C=O) groups is 1.